The lowest BCUT2D eigenvalue weighted by atomic mass is 10.2. The average Bonchev–Trinajstić information content (AvgIpc) is 3.17. The van der Waals surface area contributed by atoms with Crippen LogP contribution in [0.1, 0.15) is 26.4 Å². The van der Waals surface area contributed by atoms with Gasteiger partial charge in [-0.05, 0) is 25.1 Å². The molecule has 0 radical (unpaired) electrons. The number of aryl methyl sites for hydroxylation is 2. The van der Waals surface area contributed by atoms with Crippen LogP contribution in [0, 0.1) is 6.92 Å². The Morgan fingerprint density at radius 2 is 2.07 bits per heavy atom. The maximum absolute atomic E-state index is 12.7. The molecule has 142 valence electrons. The van der Waals surface area contributed by atoms with Crippen molar-refractivity contribution in [1.82, 2.24) is 14.3 Å². The van der Waals surface area contributed by atoms with Crippen molar-refractivity contribution in [3.8, 4) is 0 Å². The van der Waals surface area contributed by atoms with E-state index < -0.39 is 5.97 Å². The van der Waals surface area contributed by atoms with E-state index in [9.17, 15) is 9.59 Å². The van der Waals surface area contributed by atoms with Gasteiger partial charge in [0.1, 0.15) is 5.69 Å². The third-order valence-electron chi connectivity index (χ3n) is 4.14. The number of carbonyl (C=O) groups excluding carboxylic acids is 2. The fourth-order valence-corrected chi connectivity index (χ4v) is 3.89. The van der Waals surface area contributed by atoms with E-state index >= 15 is 0 Å². The number of aromatic nitrogens is 3. The summed E-state index contributed by atoms with van der Waals surface area (Å²) in [5.74, 6) is -0.771. The largest absolute Gasteiger partial charge is 0.465 e. The van der Waals surface area contributed by atoms with Crippen molar-refractivity contribution in [2.75, 3.05) is 20.8 Å². The van der Waals surface area contributed by atoms with Crippen LogP contribution in [0.3, 0.4) is 0 Å². The first-order valence-corrected chi connectivity index (χ1v) is 9.06. The molecular formula is C18H20N4O4S. The Labute approximate surface area is 159 Å². The molecule has 0 atom stereocenters. The summed E-state index contributed by atoms with van der Waals surface area (Å²) in [7, 11) is 4.67. The number of hydrogen-bond donors (Lipinski definition) is 0. The summed E-state index contributed by atoms with van der Waals surface area (Å²) >= 11 is 1.34. The second-order valence-corrected chi connectivity index (χ2v) is 6.93. The highest BCUT2D eigenvalue weighted by atomic mass is 32.1. The zero-order chi connectivity index (χ0) is 19.6. The number of ether oxygens (including phenoxy) is 2. The molecule has 8 nitrogen and oxygen atoms in total. The maximum Gasteiger partial charge on any atom is 0.337 e. The minimum absolute atomic E-state index is 0.363. The number of nitrogens with zero attached hydrogens (tertiary/aromatic N) is 4. The van der Waals surface area contributed by atoms with E-state index in [1.54, 1.807) is 32.5 Å². The summed E-state index contributed by atoms with van der Waals surface area (Å²) in [6.07, 6.45) is 1.63. The van der Waals surface area contributed by atoms with Gasteiger partial charge in [-0.3, -0.25) is 9.48 Å². The molecule has 0 spiro atoms. The molecule has 0 unspecified atom stereocenters. The second kappa shape index (κ2) is 7.85. The maximum atomic E-state index is 12.7. The summed E-state index contributed by atoms with van der Waals surface area (Å²) in [6, 6.07) is 5.27. The Bertz CT molecular complexity index is 1060. The lowest BCUT2D eigenvalue weighted by Gasteiger charge is -2.05. The first-order valence-electron chi connectivity index (χ1n) is 8.24. The molecule has 27 heavy (non-hydrogen) atoms. The molecule has 2 aromatic heterocycles. The number of carbonyl (C=O) groups is 2. The predicted octanol–water partition coefficient (Wildman–Crippen LogP) is 1.92. The molecule has 3 rings (SSSR count). The standard InChI is InChI=1S/C18H20N4O4S/c1-11-10-19-21(2)15(11)16(23)20-18-22(7-8-25-3)13-6-5-12(17(24)26-4)9-14(13)27-18/h5-6,9-10H,7-8H2,1-4H3. The van der Waals surface area contributed by atoms with Crippen LogP contribution in [0.25, 0.3) is 10.2 Å². The van der Waals surface area contributed by atoms with Crippen LogP contribution in [0.4, 0.5) is 0 Å². The molecule has 2 heterocycles. The van der Waals surface area contributed by atoms with Gasteiger partial charge in [0, 0.05) is 26.3 Å². The van der Waals surface area contributed by atoms with Gasteiger partial charge < -0.3 is 14.0 Å². The van der Waals surface area contributed by atoms with Gasteiger partial charge in [-0.25, -0.2) is 4.79 Å². The van der Waals surface area contributed by atoms with Crippen molar-refractivity contribution >= 4 is 33.4 Å². The van der Waals surface area contributed by atoms with Crippen molar-refractivity contribution in [1.29, 1.82) is 0 Å². The van der Waals surface area contributed by atoms with Gasteiger partial charge in [0.05, 0.1) is 35.7 Å². The molecule has 0 fully saturated rings. The fraction of sp³-hybridized carbons (Fsp3) is 0.333. The molecule has 9 heteroatoms. The van der Waals surface area contributed by atoms with Crippen LogP contribution >= 0.6 is 11.3 Å². The van der Waals surface area contributed by atoms with Crippen LogP contribution in [0.5, 0.6) is 0 Å². The minimum Gasteiger partial charge on any atom is -0.465 e. The van der Waals surface area contributed by atoms with Gasteiger partial charge in [-0.1, -0.05) is 11.3 Å². The molecule has 0 saturated carbocycles. The lowest BCUT2D eigenvalue weighted by molar-refractivity contribution is 0.0600. The predicted molar refractivity (Wildman–Crippen MR) is 101 cm³/mol. The van der Waals surface area contributed by atoms with Gasteiger partial charge in [-0.2, -0.15) is 10.1 Å². The average molecular weight is 388 g/mol. The number of hydrogen-bond acceptors (Lipinski definition) is 6. The number of fused-ring (bicyclic) bond motifs is 1. The Kier molecular flexibility index (Phi) is 5.52. The van der Waals surface area contributed by atoms with Crippen LogP contribution in [-0.2, 0) is 23.1 Å². The first-order chi connectivity index (χ1) is 13.0. The van der Waals surface area contributed by atoms with Crippen molar-refractivity contribution in [2.24, 2.45) is 12.0 Å². The van der Waals surface area contributed by atoms with E-state index in [4.69, 9.17) is 9.47 Å². The van der Waals surface area contributed by atoms with E-state index in [2.05, 4.69) is 10.1 Å². The van der Waals surface area contributed by atoms with Crippen molar-refractivity contribution in [3.63, 3.8) is 0 Å². The minimum atomic E-state index is -0.409. The molecule has 0 aliphatic rings. The topological polar surface area (TPSA) is 87.7 Å². The van der Waals surface area contributed by atoms with Crippen LogP contribution < -0.4 is 4.80 Å². The van der Waals surface area contributed by atoms with E-state index in [0.717, 1.165) is 15.8 Å². The zero-order valence-corrected chi connectivity index (χ0v) is 16.4. The van der Waals surface area contributed by atoms with Gasteiger partial charge in [-0.15, -0.1) is 0 Å². The number of amides is 1. The zero-order valence-electron chi connectivity index (χ0n) is 15.6. The van der Waals surface area contributed by atoms with Crippen molar-refractivity contribution in [3.05, 3.63) is 46.0 Å². The molecule has 3 aromatic rings. The van der Waals surface area contributed by atoms with Crippen molar-refractivity contribution in [2.45, 2.75) is 13.5 Å². The summed E-state index contributed by atoms with van der Waals surface area (Å²) in [4.78, 5) is 29.4. The fourth-order valence-electron chi connectivity index (χ4n) is 2.80. The lowest BCUT2D eigenvalue weighted by Crippen LogP contribution is -2.20. The molecule has 1 amide bonds. The molecule has 0 saturated heterocycles. The molecule has 0 N–H and O–H groups in total. The number of benzene rings is 1. The Morgan fingerprint density at radius 1 is 1.30 bits per heavy atom. The van der Waals surface area contributed by atoms with Crippen LogP contribution in [-0.4, -0.2) is 47.1 Å². The highest BCUT2D eigenvalue weighted by molar-refractivity contribution is 7.16. The molecule has 0 bridgehead atoms. The molecule has 0 aliphatic carbocycles. The number of rotatable bonds is 5. The first kappa shape index (κ1) is 19.0. The second-order valence-electron chi connectivity index (χ2n) is 5.92. The monoisotopic (exact) mass is 388 g/mol. The van der Waals surface area contributed by atoms with Crippen LogP contribution in [0.2, 0.25) is 0 Å². The highest BCUT2D eigenvalue weighted by Crippen LogP contribution is 2.20. The molecular weight excluding hydrogens is 368 g/mol. The smallest absolute Gasteiger partial charge is 0.337 e. The Hall–Kier alpha value is -2.78. The van der Waals surface area contributed by atoms with E-state index in [1.165, 1.54) is 23.1 Å². The number of methoxy groups -OCH3 is 2. The summed E-state index contributed by atoms with van der Waals surface area (Å²) in [5.41, 5.74) is 2.54. The normalized spacial score (nSPS) is 11.9. The summed E-state index contributed by atoms with van der Waals surface area (Å²) < 4.78 is 14.2. The highest BCUT2D eigenvalue weighted by Gasteiger charge is 2.16. The van der Waals surface area contributed by atoms with Gasteiger partial charge >= 0.3 is 5.97 Å². The number of thiazole rings is 1. The van der Waals surface area contributed by atoms with Gasteiger partial charge in [0.2, 0.25) is 0 Å². The number of esters is 1. The van der Waals surface area contributed by atoms with Crippen LogP contribution in [0.15, 0.2) is 29.4 Å². The van der Waals surface area contributed by atoms with Gasteiger partial charge in [0.25, 0.3) is 5.91 Å². The van der Waals surface area contributed by atoms with Crippen molar-refractivity contribution < 1.29 is 19.1 Å². The van der Waals surface area contributed by atoms with Gasteiger partial charge in [0.15, 0.2) is 4.80 Å². The summed E-state index contributed by atoms with van der Waals surface area (Å²) in [6.45, 7) is 2.82. The van der Waals surface area contributed by atoms with E-state index in [-0.39, 0.29) is 5.91 Å². The quantitative estimate of drug-likeness (QED) is 0.623. The van der Waals surface area contributed by atoms with E-state index in [0.29, 0.717) is 29.2 Å². The SMILES string of the molecule is COCCn1c(=NC(=O)c2c(C)cnn2C)sc2cc(C(=O)OC)ccc21. The Balaban J connectivity index is 2.15. The molecule has 1 aromatic carbocycles. The Morgan fingerprint density at radius 3 is 2.70 bits per heavy atom. The third kappa shape index (κ3) is 3.69. The third-order valence-corrected chi connectivity index (χ3v) is 5.19. The van der Waals surface area contributed by atoms with E-state index in [1.807, 2.05) is 17.6 Å². The summed E-state index contributed by atoms with van der Waals surface area (Å²) in [5, 5.41) is 4.10. The molecule has 0 aliphatic heterocycles.